The molecule has 0 spiro atoms. The van der Waals surface area contributed by atoms with E-state index in [9.17, 15) is 14.0 Å². The summed E-state index contributed by atoms with van der Waals surface area (Å²) in [6, 6.07) is 5.55. The fourth-order valence-electron chi connectivity index (χ4n) is 2.84. The number of hydrogen-bond donors (Lipinski definition) is 0. The molecule has 0 radical (unpaired) electrons. The Balaban J connectivity index is 2.02. The normalized spacial score (nSPS) is 18.2. The first-order valence-corrected chi connectivity index (χ1v) is 8.24. The molecule has 0 N–H and O–H groups in total. The average Bonchev–Trinajstić information content (AvgIpc) is 2.56. The number of benzene rings is 1. The Kier molecular flexibility index (Phi) is 5.80. The van der Waals surface area contributed by atoms with E-state index in [-0.39, 0.29) is 23.6 Å². The van der Waals surface area contributed by atoms with Crippen LogP contribution in [0.25, 0.3) is 0 Å². The van der Waals surface area contributed by atoms with E-state index in [2.05, 4.69) is 0 Å². The summed E-state index contributed by atoms with van der Waals surface area (Å²) in [7, 11) is 0. The molecule has 2 rings (SSSR count). The minimum absolute atomic E-state index is 0.194. The van der Waals surface area contributed by atoms with Crippen LogP contribution in [-0.2, 0) is 14.3 Å². The number of carbonyl (C=O) groups excluding carboxylic acids is 2. The molecule has 1 saturated heterocycles. The first-order chi connectivity index (χ1) is 11.3. The number of likely N-dealkylation sites (tertiary alicyclic amines) is 1. The Labute approximate surface area is 141 Å². The quantitative estimate of drug-likeness (QED) is 0.775. The van der Waals surface area contributed by atoms with Gasteiger partial charge < -0.3 is 14.4 Å². The summed E-state index contributed by atoms with van der Waals surface area (Å²) in [5, 5.41) is 0. The number of hydrogen-bond acceptors (Lipinski definition) is 4. The van der Waals surface area contributed by atoms with Crippen LogP contribution in [0.5, 0.6) is 5.75 Å². The summed E-state index contributed by atoms with van der Waals surface area (Å²) in [5.41, 5.74) is -1.10. The van der Waals surface area contributed by atoms with Crippen LogP contribution in [0, 0.1) is 11.7 Å². The minimum atomic E-state index is -1.10. The lowest BCUT2D eigenvalue weighted by Crippen LogP contribution is -2.52. The Hall–Kier alpha value is -2.11. The van der Waals surface area contributed by atoms with Gasteiger partial charge in [0, 0.05) is 13.1 Å². The second kappa shape index (κ2) is 7.64. The number of amides is 1. The topological polar surface area (TPSA) is 55.8 Å². The zero-order valence-corrected chi connectivity index (χ0v) is 14.4. The van der Waals surface area contributed by atoms with Crippen molar-refractivity contribution in [2.75, 3.05) is 19.7 Å². The van der Waals surface area contributed by atoms with Crippen LogP contribution in [0.3, 0.4) is 0 Å². The summed E-state index contributed by atoms with van der Waals surface area (Å²) in [6.45, 7) is 6.38. The number of carbonyl (C=O) groups is 2. The molecule has 0 saturated carbocycles. The smallest absolute Gasteiger partial charge is 0.310 e. The van der Waals surface area contributed by atoms with E-state index in [1.807, 2.05) is 0 Å². The highest BCUT2D eigenvalue weighted by atomic mass is 19.1. The maximum atomic E-state index is 13.0. The van der Waals surface area contributed by atoms with Crippen molar-refractivity contribution in [2.45, 2.75) is 39.2 Å². The highest BCUT2D eigenvalue weighted by Crippen LogP contribution is 2.24. The predicted octanol–water partition coefficient (Wildman–Crippen LogP) is 2.78. The zero-order valence-electron chi connectivity index (χ0n) is 14.4. The van der Waals surface area contributed by atoms with E-state index in [4.69, 9.17) is 9.47 Å². The van der Waals surface area contributed by atoms with E-state index in [1.165, 1.54) is 24.3 Å². The van der Waals surface area contributed by atoms with E-state index < -0.39 is 5.60 Å². The van der Waals surface area contributed by atoms with Crippen molar-refractivity contribution in [2.24, 2.45) is 5.92 Å². The van der Waals surface area contributed by atoms with Gasteiger partial charge in [0.2, 0.25) is 0 Å². The molecule has 5 nitrogen and oxygen atoms in total. The van der Waals surface area contributed by atoms with Crippen molar-refractivity contribution in [3.05, 3.63) is 30.1 Å². The first kappa shape index (κ1) is 18.2. The van der Waals surface area contributed by atoms with Gasteiger partial charge in [-0.25, -0.2) is 4.39 Å². The second-order valence-electron chi connectivity index (χ2n) is 6.41. The molecule has 1 aromatic carbocycles. The monoisotopic (exact) mass is 337 g/mol. The molecule has 1 atom stereocenters. The molecular formula is C18H24FNO4. The second-order valence-corrected chi connectivity index (χ2v) is 6.41. The molecule has 0 bridgehead atoms. The lowest BCUT2D eigenvalue weighted by molar-refractivity contribution is -0.154. The Morgan fingerprint density at radius 1 is 1.29 bits per heavy atom. The molecule has 1 unspecified atom stereocenters. The zero-order chi connectivity index (χ0) is 17.7. The first-order valence-electron chi connectivity index (χ1n) is 8.24. The molecule has 0 aromatic heterocycles. The summed E-state index contributed by atoms with van der Waals surface area (Å²) in [5.74, 6) is -0.675. The van der Waals surface area contributed by atoms with Crippen LogP contribution in [0.1, 0.15) is 33.6 Å². The van der Waals surface area contributed by atoms with Gasteiger partial charge in [-0.15, -0.1) is 0 Å². The maximum absolute atomic E-state index is 13.0. The van der Waals surface area contributed by atoms with Crippen LogP contribution in [0.2, 0.25) is 0 Å². The highest BCUT2D eigenvalue weighted by molar-refractivity contribution is 5.85. The van der Waals surface area contributed by atoms with Crippen LogP contribution < -0.4 is 4.74 Å². The molecule has 24 heavy (non-hydrogen) atoms. The van der Waals surface area contributed by atoms with Gasteiger partial charge in [0.05, 0.1) is 12.5 Å². The largest absolute Gasteiger partial charge is 0.478 e. The van der Waals surface area contributed by atoms with Crippen molar-refractivity contribution in [3.8, 4) is 5.75 Å². The Morgan fingerprint density at radius 3 is 2.58 bits per heavy atom. The van der Waals surface area contributed by atoms with Gasteiger partial charge in [-0.05, 0) is 57.9 Å². The van der Waals surface area contributed by atoms with E-state index in [1.54, 1.807) is 25.7 Å². The van der Waals surface area contributed by atoms with E-state index >= 15 is 0 Å². The molecule has 1 aliphatic heterocycles. The summed E-state index contributed by atoms with van der Waals surface area (Å²) in [4.78, 5) is 26.4. The summed E-state index contributed by atoms with van der Waals surface area (Å²) < 4.78 is 23.8. The number of rotatable bonds is 5. The maximum Gasteiger partial charge on any atom is 0.310 e. The van der Waals surface area contributed by atoms with Crippen molar-refractivity contribution >= 4 is 11.9 Å². The third kappa shape index (κ3) is 4.46. The van der Waals surface area contributed by atoms with Gasteiger partial charge in [0.1, 0.15) is 11.6 Å². The molecule has 1 amide bonds. The van der Waals surface area contributed by atoms with Crippen molar-refractivity contribution < 1.29 is 23.5 Å². The third-order valence-electron chi connectivity index (χ3n) is 4.03. The van der Waals surface area contributed by atoms with Gasteiger partial charge in [0.15, 0.2) is 5.60 Å². The van der Waals surface area contributed by atoms with Crippen molar-refractivity contribution in [1.29, 1.82) is 0 Å². The fraction of sp³-hybridized carbons (Fsp3) is 0.556. The van der Waals surface area contributed by atoms with Crippen LogP contribution in [-0.4, -0.2) is 42.1 Å². The summed E-state index contributed by atoms with van der Waals surface area (Å²) >= 11 is 0. The van der Waals surface area contributed by atoms with Crippen LogP contribution in [0.4, 0.5) is 4.39 Å². The van der Waals surface area contributed by atoms with Crippen molar-refractivity contribution in [1.82, 2.24) is 4.90 Å². The minimum Gasteiger partial charge on any atom is -0.478 e. The highest BCUT2D eigenvalue weighted by Gasteiger charge is 2.38. The average molecular weight is 337 g/mol. The molecule has 6 heteroatoms. The summed E-state index contributed by atoms with van der Waals surface area (Å²) in [6.07, 6.45) is 1.48. The molecule has 132 valence electrons. The van der Waals surface area contributed by atoms with Crippen LogP contribution in [0.15, 0.2) is 24.3 Å². The van der Waals surface area contributed by atoms with E-state index in [0.29, 0.717) is 25.4 Å². The lowest BCUT2D eigenvalue weighted by atomic mass is 9.96. The Bertz CT molecular complexity index is 585. The standard InChI is InChI=1S/C18H24FNO4/c1-4-23-16(21)13-6-5-11-20(12-13)17(22)18(2,3)24-15-9-7-14(19)8-10-15/h7-10,13H,4-6,11-12H2,1-3H3. The molecule has 1 fully saturated rings. The Morgan fingerprint density at radius 2 is 1.96 bits per heavy atom. The van der Waals surface area contributed by atoms with Gasteiger partial charge in [-0.3, -0.25) is 9.59 Å². The van der Waals surface area contributed by atoms with Crippen LogP contribution >= 0.6 is 0 Å². The number of halogens is 1. The van der Waals surface area contributed by atoms with Gasteiger partial charge >= 0.3 is 5.97 Å². The van der Waals surface area contributed by atoms with Gasteiger partial charge in [-0.2, -0.15) is 0 Å². The molecule has 1 aliphatic rings. The van der Waals surface area contributed by atoms with Gasteiger partial charge in [0.25, 0.3) is 5.91 Å². The number of esters is 1. The molecule has 1 heterocycles. The number of ether oxygens (including phenoxy) is 2. The fourth-order valence-corrected chi connectivity index (χ4v) is 2.84. The number of piperidine rings is 1. The number of nitrogens with zero attached hydrogens (tertiary/aromatic N) is 1. The SMILES string of the molecule is CCOC(=O)C1CCCN(C(=O)C(C)(C)Oc2ccc(F)cc2)C1. The van der Waals surface area contributed by atoms with Gasteiger partial charge in [-0.1, -0.05) is 0 Å². The molecular weight excluding hydrogens is 313 g/mol. The molecule has 0 aliphatic carbocycles. The third-order valence-corrected chi connectivity index (χ3v) is 4.03. The molecule has 1 aromatic rings. The van der Waals surface area contributed by atoms with Crippen molar-refractivity contribution in [3.63, 3.8) is 0 Å². The lowest BCUT2D eigenvalue weighted by Gasteiger charge is -2.36. The van der Waals surface area contributed by atoms with E-state index in [0.717, 1.165) is 12.8 Å². The predicted molar refractivity (Wildman–Crippen MR) is 87.0 cm³/mol.